The SMILES string of the molecule is CC1CCN(C(=O)NCCOC2CCCCC2)C1C(=O)O. The highest BCUT2D eigenvalue weighted by Gasteiger charge is 2.39. The molecule has 2 rings (SSSR count). The van der Waals surface area contributed by atoms with E-state index in [0.717, 1.165) is 19.3 Å². The summed E-state index contributed by atoms with van der Waals surface area (Å²) in [6.07, 6.45) is 7.03. The topological polar surface area (TPSA) is 78.9 Å². The summed E-state index contributed by atoms with van der Waals surface area (Å²) in [6, 6.07) is -0.997. The maximum absolute atomic E-state index is 12.1. The van der Waals surface area contributed by atoms with Crippen molar-refractivity contribution < 1.29 is 19.4 Å². The van der Waals surface area contributed by atoms with Crippen molar-refractivity contribution in [3.8, 4) is 0 Å². The minimum Gasteiger partial charge on any atom is -0.480 e. The summed E-state index contributed by atoms with van der Waals surface area (Å²) in [6.45, 7) is 3.32. The Morgan fingerprint density at radius 1 is 1.24 bits per heavy atom. The van der Waals surface area contributed by atoms with E-state index in [2.05, 4.69) is 5.32 Å². The Kier molecular flexibility index (Phi) is 5.85. The molecule has 1 saturated heterocycles. The quantitative estimate of drug-likeness (QED) is 0.759. The van der Waals surface area contributed by atoms with E-state index in [1.807, 2.05) is 6.92 Å². The number of carbonyl (C=O) groups is 2. The number of aliphatic carboxylic acids is 1. The molecule has 2 N–H and O–H groups in total. The number of rotatable bonds is 5. The first-order chi connectivity index (χ1) is 10.1. The van der Waals surface area contributed by atoms with E-state index in [1.165, 1.54) is 24.2 Å². The lowest BCUT2D eigenvalue weighted by atomic mass is 9.98. The van der Waals surface area contributed by atoms with Crippen molar-refractivity contribution in [2.75, 3.05) is 19.7 Å². The largest absolute Gasteiger partial charge is 0.480 e. The van der Waals surface area contributed by atoms with Crippen molar-refractivity contribution in [2.24, 2.45) is 5.92 Å². The molecule has 1 heterocycles. The van der Waals surface area contributed by atoms with Gasteiger partial charge in [-0.3, -0.25) is 0 Å². The Morgan fingerprint density at radius 2 is 1.95 bits per heavy atom. The van der Waals surface area contributed by atoms with Crippen LogP contribution in [0.4, 0.5) is 4.79 Å². The molecule has 0 aromatic carbocycles. The number of carboxylic acids is 1. The second-order valence-electron chi connectivity index (χ2n) is 6.11. The first-order valence-corrected chi connectivity index (χ1v) is 7.98. The number of hydrogen-bond acceptors (Lipinski definition) is 3. The van der Waals surface area contributed by atoms with Gasteiger partial charge in [-0.05, 0) is 25.2 Å². The standard InChI is InChI=1S/C15H26N2O4/c1-11-7-9-17(13(11)14(18)19)15(20)16-8-10-21-12-5-3-2-4-6-12/h11-13H,2-10H2,1H3,(H,16,20)(H,18,19). The average molecular weight is 298 g/mol. The van der Waals surface area contributed by atoms with Crippen LogP contribution >= 0.6 is 0 Å². The molecule has 120 valence electrons. The fourth-order valence-corrected chi connectivity index (χ4v) is 3.27. The van der Waals surface area contributed by atoms with E-state index < -0.39 is 12.0 Å². The zero-order chi connectivity index (χ0) is 15.2. The minimum atomic E-state index is -0.923. The van der Waals surface area contributed by atoms with Crippen molar-refractivity contribution in [1.29, 1.82) is 0 Å². The highest BCUT2D eigenvalue weighted by Crippen LogP contribution is 2.24. The van der Waals surface area contributed by atoms with Gasteiger partial charge in [0.25, 0.3) is 0 Å². The summed E-state index contributed by atoms with van der Waals surface area (Å²) in [4.78, 5) is 24.7. The highest BCUT2D eigenvalue weighted by molar-refractivity contribution is 5.83. The molecule has 2 fully saturated rings. The Hall–Kier alpha value is -1.30. The Labute approximate surface area is 125 Å². The smallest absolute Gasteiger partial charge is 0.326 e. The fraction of sp³-hybridized carbons (Fsp3) is 0.867. The number of carboxylic acid groups (broad SMARTS) is 1. The van der Waals surface area contributed by atoms with Crippen LogP contribution in [0.3, 0.4) is 0 Å². The van der Waals surface area contributed by atoms with Crippen LogP contribution in [0.1, 0.15) is 45.4 Å². The van der Waals surface area contributed by atoms with Crippen molar-refractivity contribution in [2.45, 2.75) is 57.6 Å². The Bertz CT molecular complexity index is 369. The molecule has 0 aromatic rings. The van der Waals surface area contributed by atoms with Gasteiger partial charge < -0.3 is 20.1 Å². The van der Waals surface area contributed by atoms with Crippen LogP contribution in [-0.2, 0) is 9.53 Å². The molecule has 0 aromatic heterocycles. The molecule has 2 amide bonds. The Morgan fingerprint density at radius 3 is 2.62 bits per heavy atom. The molecule has 2 unspecified atom stereocenters. The van der Waals surface area contributed by atoms with Crippen LogP contribution in [0.2, 0.25) is 0 Å². The second kappa shape index (κ2) is 7.64. The fourth-order valence-electron chi connectivity index (χ4n) is 3.27. The third-order valence-corrected chi connectivity index (χ3v) is 4.50. The van der Waals surface area contributed by atoms with Gasteiger partial charge in [0.1, 0.15) is 6.04 Å². The molecule has 0 radical (unpaired) electrons. The predicted molar refractivity (Wildman–Crippen MR) is 78.1 cm³/mol. The summed E-state index contributed by atoms with van der Waals surface area (Å²) in [5.74, 6) is -0.916. The van der Waals surface area contributed by atoms with Crippen molar-refractivity contribution in [1.82, 2.24) is 10.2 Å². The summed E-state index contributed by atoms with van der Waals surface area (Å²) in [5, 5.41) is 12.0. The third kappa shape index (κ3) is 4.33. The van der Waals surface area contributed by atoms with E-state index >= 15 is 0 Å². The van der Waals surface area contributed by atoms with Gasteiger partial charge in [0.2, 0.25) is 0 Å². The third-order valence-electron chi connectivity index (χ3n) is 4.50. The van der Waals surface area contributed by atoms with Gasteiger partial charge in [0, 0.05) is 13.1 Å². The maximum atomic E-state index is 12.1. The van der Waals surface area contributed by atoms with Gasteiger partial charge >= 0.3 is 12.0 Å². The van der Waals surface area contributed by atoms with Gasteiger partial charge in [0.15, 0.2) is 0 Å². The lowest BCUT2D eigenvalue weighted by Crippen LogP contribution is -2.48. The number of amides is 2. The van der Waals surface area contributed by atoms with E-state index in [4.69, 9.17) is 4.74 Å². The molecule has 1 saturated carbocycles. The molecular formula is C15H26N2O4. The van der Waals surface area contributed by atoms with Crippen LogP contribution in [0, 0.1) is 5.92 Å². The molecule has 2 aliphatic rings. The number of nitrogens with zero attached hydrogens (tertiary/aromatic N) is 1. The van der Waals surface area contributed by atoms with Crippen molar-refractivity contribution in [3.63, 3.8) is 0 Å². The number of nitrogens with one attached hydrogen (secondary N) is 1. The zero-order valence-electron chi connectivity index (χ0n) is 12.7. The molecule has 2 atom stereocenters. The average Bonchev–Trinajstić information content (AvgIpc) is 2.86. The lowest BCUT2D eigenvalue weighted by Gasteiger charge is -2.24. The predicted octanol–water partition coefficient (Wildman–Crippen LogP) is 1.84. The van der Waals surface area contributed by atoms with E-state index in [9.17, 15) is 14.7 Å². The number of urea groups is 1. The summed E-state index contributed by atoms with van der Waals surface area (Å²) < 4.78 is 5.74. The molecule has 0 bridgehead atoms. The second-order valence-corrected chi connectivity index (χ2v) is 6.11. The minimum absolute atomic E-state index is 0.00624. The van der Waals surface area contributed by atoms with E-state index in [-0.39, 0.29) is 11.9 Å². The van der Waals surface area contributed by atoms with Crippen LogP contribution in [-0.4, -0.2) is 53.8 Å². The van der Waals surface area contributed by atoms with Gasteiger partial charge in [-0.25, -0.2) is 9.59 Å². The summed E-state index contributed by atoms with van der Waals surface area (Å²) >= 11 is 0. The first-order valence-electron chi connectivity index (χ1n) is 7.98. The number of likely N-dealkylation sites (tertiary alicyclic amines) is 1. The summed E-state index contributed by atoms with van der Waals surface area (Å²) in [7, 11) is 0. The number of carbonyl (C=O) groups excluding carboxylic acids is 1. The number of hydrogen-bond donors (Lipinski definition) is 2. The lowest BCUT2D eigenvalue weighted by molar-refractivity contribution is -0.142. The van der Waals surface area contributed by atoms with Gasteiger partial charge in [-0.1, -0.05) is 26.2 Å². The molecular weight excluding hydrogens is 272 g/mol. The van der Waals surface area contributed by atoms with Crippen LogP contribution in [0.15, 0.2) is 0 Å². The van der Waals surface area contributed by atoms with E-state index in [0.29, 0.717) is 25.8 Å². The highest BCUT2D eigenvalue weighted by atomic mass is 16.5. The van der Waals surface area contributed by atoms with Crippen LogP contribution in [0.5, 0.6) is 0 Å². The molecule has 6 nitrogen and oxygen atoms in total. The molecule has 21 heavy (non-hydrogen) atoms. The van der Waals surface area contributed by atoms with Crippen LogP contribution < -0.4 is 5.32 Å². The molecule has 1 aliphatic heterocycles. The van der Waals surface area contributed by atoms with Gasteiger partial charge in [-0.2, -0.15) is 0 Å². The first kappa shape index (κ1) is 16.1. The van der Waals surface area contributed by atoms with Gasteiger partial charge in [0.05, 0.1) is 12.7 Å². The van der Waals surface area contributed by atoms with Crippen molar-refractivity contribution in [3.05, 3.63) is 0 Å². The van der Waals surface area contributed by atoms with Gasteiger partial charge in [-0.15, -0.1) is 0 Å². The molecule has 6 heteroatoms. The monoisotopic (exact) mass is 298 g/mol. The number of ether oxygens (including phenoxy) is 1. The zero-order valence-corrected chi connectivity index (χ0v) is 12.7. The Balaban J connectivity index is 1.68. The van der Waals surface area contributed by atoms with Crippen LogP contribution in [0.25, 0.3) is 0 Å². The molecule has 1 aliphatic carbocycles. The maximum Gasteiger partial charge on any atom is 0.326 e. The van der Waals surface area contributed by atoms with E-state index in [1.54, 1.807) is 0 Å². The summed E-state index contributed by atoms with van der Waals surface area (Å²) in [5.41, 5.74) is 0. The van der Waals surface area contributed by atoms with Crippen molar-refractivity contribution >= 4 is 12.0 Å². The molecule has 0 spiro atoms. The normalized spacial score (nSPS) is 26.8.